The fourth-order valence-electron chi connectivity index (χ4n) is 1.23. The summed E-state index contributed by atoms with van der Waals surface area (Å²) in [5, 5.41) is 10.8. The van der Waals surface area contributed by atoms with Crippen LogP contribution in [0.15, 0.2) is 29.0 Å². The van der Waals surface area contributed by atoms with Crippen LogP contribution in [0.25, 0.3) is 0 Å². The highest BCUT2D eigenvalue weighted by Gasteiger charge is 2.20. The number of aromatic nitrogens is 2. The lowest BCUT2D eigenvalue weighted by Crippen LogP contribution is -1.97. The first-order valence-electron chi connectivity index (χ1n) is 4.76. The Morgan fingerprint density at radius 3 is 2.63 bits per heavy atom. The fourth-order valence-corrected chi connectivity index (χ4v) is 1.56. The molecule has 0 radical (unpaired) electrons. The van der Waals surface area contributed by atoms with E-state index in [-0.39, 0.29) is 16.1 Å². The maximum Gasteiger partial charge on any atom is 0.312 e. The topological polar surface area (TPSA) is 78.2 Å². The van der Waals surface area contributed by atoms with E-state index in [4.69, 9.17) is 4.74 Å². The van der Waals surface area contributed by atoms with E-state index < -0.39 is 22.4 Å². The minimum Gasteiger partial charge on any atom is -0.431 e. The SMILES string of the molecule is O=[N+]([O-])c1cc(Br)c(F)cc1Oc1cc(F)ncn1. The first-order chi connectivity index (χ1) is 8.97. The van der Waals surface area contributed by atoms with E-state index in [1.54, 1.807) is 0 Å². The van der Waals surface area contributed by atoms with Gasteiger partial charge in [0.2, 0.25) is 17.6 Å². The van der Waals surface area contributed by atoms with Gasteiger partial charge in [-0.1, -0.05) is 0 Å². The lowest BCUT2D eigenvalue weighted by Gasteiger charge is -2.06. The van der Waals surface area contributed by atoms with Crippen LogP contribution >= 0.6 is 15.9 Å². The van der Waals surface area contributed by atoms with E-state index in [9.17, 15) is 18.9 Å². The van der Waals surface area contributed by atoms with Crippen LogP contribution in [0.2, 0.25) is 0 Å². The molecule has 0 amide bonds. The molecule has 0 aliphatic heterocycles. The van der Waals surface area contributed by atoms with E-state index in [1.165, 1.54) is 0 Å². The molecular formula is C10H4BrF2N3O3. The molecule has 1 heterocycles. The maximum absolute atomic E-state index is 13.3. The second-order valence-corrected chi connectivity index (χ2v) is 4.13. The molecule has 1 aromatic carbocycles. The highest BCUT2D eigenvalue weighted by atomic mass is 79.9. The van der Waals surface area contributed by atoms with Gasteiger partial charge in [-0.3, -0.25) is 10.1 Å². The van der Waals surface area contributed by atoms with E-state index in [1.807, 2.05) is 0 Å². The minimum atomic E-state index is -0.870. The fraction of sp³-hybridized carbons (Fsp3) is 0. The zero-order valence-electron chi connectivity index (χ0n) is 9.01. The first-order valence-corrected chi connectivity index (χ1v) is 5.55. The van der Waals surface area contributed by atoms with Crippen molar-refractivity contribution >= 4 is 21.6 Å². The average molecular weight is 332 g/mol. The van der Waals surface area contributed by atoms with Crippen LogP contribution in [0.5, 0.6) is 11.6 Å². The molecule has 2 aromatic rings. The van der Waals surface area contributed by atoms with Crippen molar-refractivity contribution in [1.82, 2.24) is 9.97 Å². The molecule has 0 saturated carbocycles. The van der Waals surface area contributed by atoms with Crippen LogP contribution in [0.4, 0.5) is 14.5 Å². The van der Waals surface area contributed by atoms with Gasteiger partial charge in [-0.2, -0.15) is 4.39 Å². The zero-order chi connectivity index (χ0) is 14.0. The number of nitrogens with zero attached hydrogens (tertiary/aromatic N) is 3. The van der Waals surface area contributed by atoms with Gasteiger partial charge in [0.05, 0.1) is 15.5 Å². The van der Waals surface area contributed by atoms with Crippen molar-refractivity contribution in [2.24, 2.45) is 0 Å². The second-order valence-electron chi connectivity index (χ2n) is 3.27. The standard InChI is InChI=1S/C10H4BrF2N3O3/c11-5-1-7(16(17)18)8(2-6(5)12)19-10-3-9(13)14-4-15-10/h1-4H. The quantitative estimate of drug-likeness (QED) is 0.490. The lowest BCUT2D eigenvalue weighted by atomic mass is 10.3. The van der Waals surface area contributed by atoms with E-state index >= 15 is 0 Å². The summed E-state index contributed by atoms with van der Waals surface area (Å²) in [6.45, 7) is 0. The number of hydrogen-bond acceptors (Lipinski definition) is 5. The highest BCUT2D eigenvalue weighted by Crippen LogP contribution is 2.34. The molecule has 0 spiro atoms. The summed E-state index contributed by atoms with van der Waals surface area (Å²) in [7, 11) is 0. The Bertz CT molecular complexity index is 654. The van der Waals surface area contributed by atoms with Crippen LogP contribution < -0.4 is 4.74 Å². The molecule has 0 saturated heterocycles. The van der Waals surface area contributed by atoms with Crippen LogP contribution in [0, 0.1) is 21.9 Å². The Labute approximate surface area is 113 Å². The molecule has 6 nitrogen and oxygen atoms in total. The molecule has 0 aliphatic carbocycles. The number of nitro benzene ring substituents is 1. The Kier molecular flexibility index (Phi) is 3.65. The van der Waals surface area contributed by atoms with Gasteiger partial charge in [0.15, 0.2) is 0 Å². The summed E-state index contributed by atoms with van der Waals surface area (Å²) in [6.07, 6.45) is 0.881. The average Bonchev–Trinajstić information content (AvgIpc) is 2.33. The predicted molar refractivity (Wildman–Crippen MR) is 62.8 cm³/mol. The number of rotatable bonds is 3. The predicted octanol–water partition coefficient (Wildman–Crippen LogP) is 3.22. The minimum absolute atomic E-state index is 0.0829. The van der Waals surface area contributed by atoms with Gasteiger partial charge in [0.25, 0.3) is 0 Å². The molecule has 0 unspecified atom stereocenters. The number of halogens is 3. The zero-order valence-corrected chi connectivity index (χ0v) is 10.6. The third-order valence-corrected chi connectivity index (χ3v) is 2.63. The number of ether oxygens (including phenoxy) is 1. The third kappa shape index (κ3) is 2.99. The van der Waals surface area contributed by atoms with Crippen LogP contribution in [0.1, 0.15) is 0 Å². The Morgan fingerprint density at radius 1 is 1.26 bits per heavy atom. The molecule has 0 aliphatic rings. The van der Waals surface area contributed by atoms with Crippen LogP contribution in [-0.2, 0) is 0 Å². The summed E-state index contributed by atoms with van der Waals surface area (Å²) in [5.74, 6) is -2.28. The number of benzene rings is 1. The van der Waals surface area contributed by atoms with Crippen molar-refractivity contribution in [2.45, 2.75) is 0 Å². The van der Waals surface area contributed by atoms with Crippen molar-refractivity contribution in [2.75, 3.05) is 0 Å². The summed E-state index contributed by atoms with van der Waals surface area (Å²) < 4.78 is 31.1. The molecule has 9 heteroatoms. The molecular weight excluding hydrogens is 328 g/mol. The molecule has 1 aromatic heterocycles. The first kappa shape index (κ1) is 13.3. The summed E-state index contributed by atoms with van der Waals surface area (Å²) in [5.41, 5.74) is -0.479. The molecule has 0 atom stereocenters. The van der Waals surface area contributed by atoms with Gasteiger partial charge in [-0.05, 0) is 15.9 Å². The molecule has 0 fully saturated rings. The second kappa shape index (κ2) is 5.22. The van der Waals surface area contributed by atoms with E-state index in [0.717, 1.165) is 24.5 Å². The Hall–Kier alpha value is -2.16. The van der Waals surface area contributed by atoms with E-state index in [0.29, 0.717) is 0 Å². The highest BCUT2D eigenvalue weighted by molar-refractivity contribution is 9.10. The molecule has 2 rings (SSSR count). The van der Waals surface area contributed by atoms with Gasteiger partial charge >= 0.3 is 5.69 Å². The van der Waals surface area contributed by atoms with Gasteiger partial charge in [-0.15, -0.1) is 0 Å². The monoisotopic (exact) mass is 331 g/mol. The Morgan fingerprint density at radius 2 is 2.00 bits per heavy atom. The smallest absolute Gasteiger partial charge is 0.312 e. The molecule has 19 heavy (non-hydrogen) atoms. The van der Waals surface area contributed by atoms with Gasteiger partial charge in [-0.25, -0.2) is 14.4 Å². The molecule has 0 bridgehead atoms. The summed E-state index contributed by atoms with van der Waals surface area (Å²) in [6, 6.07) is 2.58. The third-order valence-electron chi connectivity index (χ3n) is 2.02. The van der Waals surface area contributed by atoms with Crippen molar-refractivity contribution in [3.63, 3.8) is 0 Å². The normalized spacial score (nSPS) is 10.3. The lowest BCUT2D eigenvalue weighted by molar-refractivity contribution is -0.385. The van der Waals surface area contributed by atoms with Crippen molar-refractivity contribution < 1.29 is 18.4 Å². The van der Waals surface area contributed by atoms with Gasteiger partial charge in [0.1, 0.15) is 12.1 Å². The van der Waals surface area contributed by atoms with Crippen LogP contribution in [-0.4, -0.2) is 14.9 Å². The van der Waals surface area contributed by atoms with Crippen LogP contribution in [0.3, 0.4) is 0 Å². The van der Waals surface area contributed by atoms with Crippen molar-refractivity contribution in [3.05, 3.63) is 50.9 Å². The largest absolute Gasteiger partial charge is 0.431 e. The number of hydrogen-bond donors (Lipinski definition) is 0. The summed E-state index contributed by atoms with van der Waals surface area (Å²) >= 11 is 2.82. The number of nitro groups is 1. The van der Waals surface area contributed by atoms with Gasteiger partial charge < -0.3 is 4.74 Å². The summed E-state index contributed by atoms with van der Waals surface area (Å²) in [4.78, 5) is 16.8. The van der Waals surface area contributed by atoms with Crippen molar-refractivity contribution in [3.8, 4) is 11.6 Å². The van der Waals surface area contributed by atoms with E-state index in [2.05, 4.69) is 25.9 Å². The van der Waals surface area contributed by atoms with Crippen molar-refractivity contribution in [1.29, 1.82) is 0 Å². The molecule has 98 valence electrons. The molecule has 0 N–H and O–H groups in total. The maximum atomic E-state index is 13.3. The Balaban J connectivity index is 2.44. The van der Waals surface area contributed by atoms with Gasteiger partial charge in [0, 0.05) is 12.1 Å².